The lowest BCUT2D eigenvalue weighted by atomic mass is 9.98. The Hall–Kier alpha value is -2.68. The molecule has 2 atom stereocenters. The second-order valence-corrected chi connectivity index (χ2v) is 9.46. The van der Waals surface area contributed by atoms with E-state index in [2.05, 4.69) is 5.10 Å². The quantitative estimate of drug-likeness (QED) is 0.783. The van der Waals surface area contributed by atoms with E-state index in [0.717, 1.165) is 43.5 Å². The van der Waals surface area contributed by atoms with E-state index in [4.69, 9.17) is 9.72 Å². The summed E-state index contributed by atoms with van der Waals surface area (Å²) in [6.45, 7) is 5.96. The van der Waals surface area contributed by atoms with E-state index < -0.39 is 0 Å². The van der Waals surface area contributed by atoms with Crippen LogP contribution in [0.15, 0.2) is 10.9 Å². The van der Waals surface area contributed by atoms with E-state index in [0.29, 0.717) is 43.9 Å². The van der Waals surface area contributed by atoms with Crippen LogP contribution in [0.3, 0.4) is 0 Å². The molecule has 3 aliphatic heterocycles. The van der Waals surface area contributed by atoms with E-state index in [1.807, 2.05) is 24.8 Å². The number of ether oxygens (including phenoxy) is 1. The van der Waals surface area contributed by atoms with Gasteiger partial charge in [0.05, 0.1) is 29.5 Å². The van der Waals surface area contributed by atoms with Crippen molar-refractivity contribution in [3.05, 3.63) is 33.4 Å². The van der Waals surface area contributed by atoms with Crippen LogP contribution >= 0.6 is 0 Å². The Kier molecular flexibility index (Phi) is 5.53. The van der Waals surface area contributed by atoms with Crippen LogP contribution < -0.4 is 5.56 Å². The molecule has 0 radical (unpaired) electrons. The zero-order valence-corrected chi connectivity index (χ0v) is 18.8. The molecule has 172 valence electrons. The summed E-state index contributed by atoms with van der Waals surface area (Å²) in [5, 5.41) is 3.23. The summed E-state index contributed by atoms with van der Waals surface area (Å²) in [5.74, 6) is -0.00198. The van der Waals surface area contributed by atoms with Gasteiger partial charge in [-0.25, -0.2) is 9.50 Å². The van der Waals surface area contributed by atoms with E-state index in [-0.39, 0.29) is 35.4 Å². The summed E-state index contributed by atoms with van der Waals surface area (Å²) in [5.41, 5.74) is 2.59. The van der Waals surface area contributed by atoms with Gasteiger partial charge in [0.2, 0.25) is 5.91 Å². The van der Waals surface area contributed by atoms with Crippen LogP contribution in [-0.4, -0.2) is 62.0 Å². The summed E-state index contributed by atoms with van der Waals surface area (Å²) >= 11 is 0. The molecule has 1 N–H and O–H groups in total. The average Bonchev–Trinajstić information content (AvgIpc) is 3.48. The molecule has 2 fully saturated rings. The van der Waals surface area contributed by atoms with Gasteiger partial charge in [0.15, 0.2) is 5.65 Å². The Morgan fingerprint density at radius 2 is 2.03 bits per heavy atom. The monoisotopic (exact) mass is 441 g/mol. The van der Waals surface area contributed by atoms with E-state index in [9.17, 15) is 14.4 Å². The highest BCUT2D eigenvalue weighted by Gasteiger charge is 2.35. The van der Waals surface area contributed by atoms with Crippen LogP contribution in [0.2, 0.25) is 0 Å². The molecule has 5 rings (SSSR count). The number of piperidine rings is 1. The largest absolute Gasteiger partial charge is 0.368 e. The van der Waals surface area contributed by atoms with Crippen molar-refractivity contribution in [1.82, 2.24) is 24.4 Å². The topological polar surface area (TPSA) is 100 Å². The maximum absolute atomic E-state index is 13.3. The minimum absolute atomic E-state index is 0.0493. The van der Waals surface area contributed by atoms with E-state index in [1.165, 1.54) is 4.52 Å². The fourth-order valence-corrected chi connectivity index (χ4v) is 5.20. The van der Waals surface area contributed by atoms with Gasteiger partial charge in [-0.2, -0.15) is 0 Å². The predicted octanol–water partition coefficient (Wildman–Crippen LogP) is 1.80. The first-order chi connectivity index (χ1) is 15.4. The van der Waals surface area contributed by atoms with Gasteiger partial charge in [-0.15, -0.1) is 0 Å². The number of rotatable bonds is 3. The zero-order valence-electron chi connectivity index (χ0n) is 18.8. The van der Waals surface area contributed by atoms with Crippen molar-refractivity contribution >= 4 is 17.5 Å². The minimum atomic E-state index is -0.349. The van der Waals surface area contributed by atoms with Crippen molar-refractivity contribution in [2.75, 3.05) is 19.7 Å². The van der Waals surface area contributed by atoms with Gasteiger partial charge >= 0.3 is 0 Å². The average molecular weight is 442 g/mol. The summed E-state index contributed by atoms with van der Waals surface area (Å²) in [6.07, 6.45) is 4.76. The Morgan fingerprint density at radius 3 is 2.78 bits per heavy atom. The first-order valence-corrected chi connectivity index (χ1v) is 11.8. The molecule has 2 saturated heterocycles. The van der Waals surface area contributed by atoms with E-state index in [1.54, 1.807) is 4.90 Å². The van der Waals surface area contributed by atoms with Crippen LogP contribution in [0.1, 0.15) is 68.9 Å². The maximum Gasteiger partial charge on any atom is 0.277 e. The SMILES string of the molecule is CC(C)C(=O)N1CCc2nc3cc(C4CCCCN4C(=O)C4CCCO4)[nH]n3c(=O)c2C1. The Labute approximate surface area is 186 Å². The number of H-pyrrole nitrogens is 1. The number of aromatic amines is 1. The third kappa shape index (κ3) is 3.62. The Balaban J connectivity index is 1.47. The molecule has 0 aromatic carbocycles. The van der Waals surface area contributed by atoms with Crippen molar-refractivity contribution in [2.45, 2.75) is 71.1 Å². The van der Waals surface area contributed by atoms with Gasteiger partial charge in [0.25, 0.3) is 11.5 Å². The van der Waals surface area contributed by atoms with Crippen molar-refractivity contribution in [3.63, 3.8) is 0 Å². The molecular formula is C23H31N5O4. The first-order valence-electron chi connectivity index (χ1n) is 11.8. The number of nitrogens with one attached hydrogen (secondary N) is 1. The van der Waals surface area contributed by atoms with Crippen LogP contribution in [0.4, 0.5) is 0 Å². The second kappa shape index (κ2) is 8.35. The minimum Gasteiger partial charge on any atom is -0.368 e. The molecule has 0 spiro atoms. The molecule has 32 heavy (non-hydrogen) atoms. The number of hydrogen-bond acceptors (Lipinski definition) is 5. The fraction of sp³-hybridized carbons (Fsp3) is 0.652. The molecular weight excluding hydrogens is 410 g/mol. The van der Waals surface area contributed by atoms with Gasteiger partial charge in [-0.1, -0.05) is 13.8 Å². The molecule has 2 aromatic rings. The summed E-state index contributed by atoms with van der Waals surface area (Å²) in [4.78, 5) is 47.2. The standard InChI is InChI=1S/C23H31N5O4/c1-14(2)21(29)26-10-8-16-15(13-26)22(30)28-20(24-16)12-17(25-28)18-6-3-4-9-27(18)23(31)19-7-5-11-32-19/h12,14,18-19,25H,3-11,13H2,1-2H3. The molecule has 2 aromatic heterocycles. The molecule has 3 aliphatic rings. The van der Waals surface area contributed by atoms with Gasteiger partial charge in [-0.3, -0.25) is 19.5 Å². The van der Waals surface area contributed by atoms with Crippen molar-refractivity contribution in [2.24, 2.45) is 5.92 Å². The highest BCUT2D eigenvalue weighted by molar-refractivity contribution is 5.81. The van der Waals surface area contributed by atoms with Crippen molar-refractivity contribution in [3.8, 4) is 0 Å². The number of likely N-dealkylation sites (tertiary alicyclic amines) is 1. The van der Waals surface area contributed by atoms with E-state index >= 15 is 0 Å². The molecule has 0 saturated carbocycles. The van der Waals surface area contributed by atoms with Gasteiger partial charge in [0, 0.05) is 38.1 Å². The molecule has 0 bridgehead atoms. The Morgan fingerprint density at radius 1 is 1.19 bits per heavy atom. The number of amides is 2. The smallest absolute Gasteiger partial charge is 0.277 e. The van der Waals surface area contributed by atoms with Crippen LogP contribution in [0, 0.1) is 5.92 Å². The normalized spacial score (nSPS) is 23.7. The molecule has 5 heterocycles. The maximum atomic E-state index is 13.3. The van der Waals surface area contributed by atoms with Gasteiger partial charge < -0.3 is 14.5 Å². The van der Waals surface area contributed by atoms with Crippen molar-refractivity contribution in [1.29, 1.82) is 0 Å². The number of aromatic nitrogens is 3. The highest BCUT2D eigenvalue weighted by Crippen LogP contribution is 2.32. The molecule has 9 heteroatoms. The fourth-order valence-electron chi connectivity index (χ4n) is 5.20. The highest BCUT2D eigenvalue weighted by atomic mass is 16.5. The number of carbonyl (C=O) groups excluding carboxylic acids is 2. The molecule has 9 nitrogen and oxygen atoms in total. The molecule has 2 unspecified atom stereocenters. The lowest BCUT2D eigenvalue weighted by Gasteiger charge is -2.36. The van der Waals surface area contributed by atoms with Crippen LogP contribution in [0.5, 0.6) is 0 Å². The second-order valence-electron chi connectivity index (χ2n) is 9.46. The van der Waals surface area contributed by atoms with Gasteiger partial charge in [0.1, 0.15) is 6.10 Å². The number of nitrogens with zero attached hydrogens (tertiary/aromatic N) is 4. The number of carbonyl (C=O) groups is 2. The summed E-state index contributed by atoms with van der Waals surface area (Å²) in [7, 11) is 0. The zero-order chi connectivity index (χ0) is 22.4. The third-order valence-corrected chi connectivity index (χ3v) is 6.94. The van der Waals surface area contributed by atoms with Gasteiger partial charge in [-0.05, 0) is 32.1 Å². The summed E-state index contributed by atoms with van der Waals surface area (Å²) < 4.78 is 7.12. The number of fused-ring (bicyclic) bond motifs is 2. The summed E-state index contributed by atoms with van der Waals surface area (Å²) in [6, 6.07) is 1.79. The molecule has 2 amide bonds. The lowest BCUT2D eigenvalue weighted by Crippen LogP contribution is -2.44. The number of hydrogen-bond donors (Lipinski definition) is 1. The first kappa shape index (κ1) is 21.2. The van der Waals surface area contributed by atoms with Crippen LogP contribution in [0.25, 0.3) is 5.65 Å². The molecule has 0 aliphatic carbocycles. The Bertz CT molecular complexity index is 1100. The van der Waals surface area contributed by atoms with Crippen LogP contribution in [-0.2, 0) is 27.3 Å². The van der Waals surface area contributed by atoms with Crippen molar-refractivity contribution < 1.29 is 14.3 Å². The lowest BCUT2D eigenvalue weighted by molar-refractivity contribution is -0.145. The third-order valence-electron chi connectivity index (χ3n) is 6.94. The predicted molar refractivity (Wildman–Crippen MR) is 117 cm³/mol.